The van der Waals surface area contributed by atoms with E-state index in [9.17, 15) is 0 Å². The number of rotatable bonds is 2. The number of nitrogens with zero attached hydrogens (tertiary/aromatic N) is 1. The molecule has 0 spiro atoms. The minimum atomic E-state index is -0.142. The quantitative estimate of drug-likeness (QED) is 0.801. The number of ether oxygens (including phenoxy) is 1. The smallest absolute Gasteiger partial charge is 0.0794 e. The van der Waals surface area contributed by atoms with Gasteiger partial charge in [-0.15, -0.1) is 11.3 Å². The fraction of sp³-hybridized carbons (Fsp3) is 0.700. The molecular formula is C10H14N2OS. The minimum Gasteiger partial charge on any atom is -0.373 e. The highest BCUT2D eigenvalue weighted by Gasteiger charge is 2.49. The van der Waals surface area contributed by atoms with Gasteiger partial charge in [0, 0.05) is 11.8 Å². The van der Waals surface area contributed by atoms with E-state index >= 15 is 0 Å². The molecule has 3 atom stereocenters. The van der Waals surface area contributed by atoms with Crippen molar-refractivity contribution in [1.29, 1.82) is 0 Å². The maximum atomic E-state index is 6.38. The normalized spacial score (nSPS) is 40.6. The minimum absolute atomic E-state index is 0.142. The van der Waals surface area contributed by atoms with E-state index in [1.54, 1.807) is 11.3 Å². The van der Waals surface area contributed by atoms with E-state index in [0.717, 1.165) is 25.0 Å². The van der Waals surface area contributed by atoms with Crippen LogP contribution < -0.4 is 5.73 Å². The summed E-state index contributed by atoms with van der Waals surface area (Å²) in [6.45, 7) is 0. The topological polar surface area (TPSA) is 48.1 Å². The number of nitrogens with two attached hydrogens (primary N) is 1. The van der Waals surface area contributed by atoms with Gasteiger partial charge >= 0.3 is 0 Å². The van der Waals surface area contributed by atoms with Crippen LogP contribution in [0.15, 0.2) is 10.9 Å². The first kappa shape index (κ1) is 8.83. The van der Waals surface area contributed by atoms with Crippen molar-refractivity contribution in [2.24, 2.45) is 5.73 Å². The van der Waals surface area contributed by atoms with Gasteiger partial charge in [-0.25, -0.2) is 4.98 Å². The second-order valence-corrected chi connectivity index (χ2v) is 5.14. The van der Waals surface area contributed by atoms with Crippen molar-refractivity contribution in [2.75, 3.05) is 0 Å². The van der Waals surface area contributed by atoms with Gasteiger partial charge in [-0.2, -0.15) is 0 Å². The van der Waals surface area contributed by atoms with E-state index < -0.39 is 0 Å². The standard InChI is InChI=1S/C10H14N2OS/c11-10(3-7-5-14-6-12-7)4-8-1-2-9(10)13-8/h5-6,8-9H,1-4,11H2. The number of hydrogen-bond acceptors (Lipinski definition) is 4. The van der Waals surface area contributed by atoms with Crippen LogP contribution in [0.2, 0.25) is 0 Å². The van der Waals surface area contributed by atoms with Crippen LogP contribution >= 0.6 is 11.3 Å². The zero-order valence-electron chi connectivity index (χ0n) is 7.98. The molecule has 76 valence electrons. The zero-order chi connectivity index (χ0) is 9.60. The Morgan fingerprint density at radius 3 is 3.14 bits per heavy atom. The van der Waals surface area contributed by atoms with Crippen LogP contribution in [0.3, 0.4) is 0 Å². The van der Waals surface area contributed by atoms with Crippen molar-refractivity contribution in [3.05, 3.63) is 16.6 Å². The molecule has 2 aliphatic rings. The Morgan fingerprint density at radius 2 is 2.57 bits per heavy atom. The molecule has 2 bridgehead atoms. The molecule has 3 unspecified atom stereocenters. The summed E-state index contributed by atoms with van der Waals surface area (Å²) in [6.07, 6.45) is 4.90. The first-order valence-corrected chi connectivity index (χ1v) is 6.02. The lowest BCUT2D eigenvalue weighted by Gasteiger charge is -2.30. The highest BCUT2D eigenvalue weighted by molar-refractivity contribution is 7.07. The van der Waals surface area contributed by atoms with E-state index in [2.05, 4.69) is 10.4 Å². The van der Waals surface area contributed by atoms with E-state index in [1.165, 1.54) is 6.42 Å². The number of thiazole rings is 1. The summed E-state index contributed by atoms with van der Waals surface area (Å²) in [5.74, 6) is 0. The lowest BCUT2D eigenvalue weighted by molar-refractivity contribution is 0.0855. The Kier molecular flexibility index (Phi) is 1.90. The average Bonchev–Trinajstić information content (AvgIpc) is 2.78. The summed E-state index contributed by atoms with van der Waals surface area (Å²) >= 11 is 1.63. The molecule has 2 N–H and O–H groups in total. The van der Waals surface area contributed by atoms with Crippen molar-refractivity contribution in [1.82, 2.24) is 4.98 Å². The predicted octanol–water partition coefficient (Wildman–Crippen LogP) is 1.33. The van der Waals surface area contributed by atoms with Gasteiger partial charge in [-0.05, 0) is 19.3 Å². The second-order valence-electron chi connectivity index (χ2n) is 4.42. The van der Waals surface area contributed by atoms with Gasteiger partial charge in [-0.3, -0.25) is 0 Å². The molecule has 0 aromatic carbocycles. The van der Waals surface area contributed by atoms with Gasteiger partial charge in [0.25, 0.3) is 0 Å². The maximum absolute atomic E-state index is 6.38. The van der Waals surface area contributed by atoms with Crippen LogP contribution in [0.4, 0.5) is 0 Å². The van der Waals surface area contributed by atoms with Crippen molar-refractivity contribution in [3.8, 4) is 0 Å². The Hall–Kier alpha value is -0.450. The third-order valence-electron chi connectivity index (χ3n) is 3.35. The van der Waals surface area contributed by atoms with Gasteiger partial charge in [0.05, 0.1) is 29.0 Å². The first-order valence-electron chi connectivity index (χ1n) is 5.08. The molecule has 3 rings (SSSR count). The summed E-state index contributed by atoms with van der Waals surface area (Å²) in [5, 5.41) is 2.08. The van der Waals surface area contributed by atoms with Crippen LogP contribution in [-0.2, 0) is 11.2 Å². The molecule has 1 aromatic heterocycles. The largest absolute Gasteiger partial charge is 0.373 e. The first-order chi connectivity index (χ1) is 6.76. The molecule has 0 aliphatic carbocycles. The molecule has 2 aliphatic heterocycles. The fourth-order valence-corrected chi connectivity index (χ4v) is 3.24. The monoisotopic (exact) mass is 210 g/mol. The van der Waals surface area contributed by atoms with Crippen LogP contribution in [0.25, 0.3) is 0 Å². The summed E-state index contributed by atoms with van der Waals surface area (Å²) < 4.78 is 5.79. The molecule has 0 radical (unpaired) electrons. The summed E-state index contributed by atoms with van der Waals surface area (Å²) in [5.41, 5.74) is 9.22. The van der Waals surface area contributed by atoms with Crippen molar-refractivity contribution in [2.45, 2.75) is 43.4 Å². The van der Waals surface area contributed by atoms with Crippen LogP contribution in [0, 0.1) is 0 Å². The van der Waals surface area contributed by atoms with E-state index in [0.29, 0.717) is 6.10 Å². The Balaban J connectivity index is 1.78. The maximum Gasteiger partial charge on any atom is 0.0794 e. The molecule has 0 amide bonds. The highest BCUT2D eigenvalue weighted by Crippen LogP contribution is 2.41. The SMILES string of the molecule is NC1(Cc2cscn2)CC2CCC1O2. The molecule has 2 saturated heterocycles. The lowest BCUT2D eigenvalue weighted by Crippen LogP contribution is -2.50. The zero-order valence-corrected chi connectivity index (χ0v) is 8.80. The van der Waals surface area contributed by atoms with Gasteiger partial charge in [0.2, 0.25) is 0 Å². The molecule has 3 nitrogen and oxygen atoms in total. The van der Waals surface area contributed by atoms with E-state index in [1.807, 2.05) is 5.51 Å². The Bertz CT molecular complexity index is 327. The lowest BCUT2D eigenvalue weighted by atomic mass is 9.79. The molecule has 1 aromatic rings. The van der Waals surface area contributed by atoms with Crippen molar-refractivity contribution < 1.29 is 4.74 Å². The fourth-order valence-electron chi connectivity index (χ4n) is 2.68. The summed E-state index contributed by atoms with van der Waals surface area (Å²) in [7, 11) is 0. The van der Waals surface area contributed by atoms with Gasteiger partial charge in [0.1, 0.15) is 0 Å². The van der Waals surface area contributed by atoms with Crippen molar-refractivity contribution >= 4 is 11.3 Å². The number of fused-ring (bicyclic) bond motifs is 2. The third-order valence-corrected chi connectivity index (χ3v) is 3.99. The van der Waals surface area contributed by atoms with Crippen LogP contribution in [-0.4, -0.2) is 22.7 Å². The predicted molar refractivity (Wildman–Crippen MR) is 55.2 cm³/mol. The number of aromatic nitrogens is 1. The third kappa shape index (κ3) is 1.29. The molecule has 2 fully saturated rings. The van der Waals surface area contributed by atoms with Gasteiger partial charge in [0.15, 0.2) is 0 Å². The average molecular weight is 210 g/mol. The van der Waals surface area contributed by atoms with Gasteiger partial charge in [-0.1, -0.05) is 0 Å². The van der Waals surface area contributed by atoms with Crippen molar-refractivity contribution in [3.63, 3.8) is 0 Å². The Labute approximate surface area is 87.3 Å². The van der Waals surface area contributed by atoms with E-state index in [4.69, 9.17) is 10.5 Å². The van der Waals surface area contributed by atoms with Crippen LogP contribution in [0.5, 0.6) is 0 Å². The molecule has 0 saturated carbocycles. The van der Waals surface area contributed by atoms with E-state index in [-0.39, 0.29) is 11.6 Å². The second kappa shape index (κ2) is 3.02. The van der Waals surface area contributed by atoms with Crippen LogP contribution in [0.1, 0.15) is 25.0 Å². The molecular weight excluding hydrogens is 196 g/mol. The van der Waals surface area contributed by atoms with Gasteiger partial charge < -0.3 is 10.5 Å². The highest BCUT2D eigenvalue weighted by atomic mass is 32.1. The summed E-state index contributed by atoms with van der Waals surface area (Å²) in [4.78, 5) is 4.29. The molecule has 14 heavy (non-hydrogen) atoms. The summed E-state index contributed by atoms with van der Waals surface area (Å²) in [6, 6.07) is 0. The Morgan fingerprint density at radius 1 is 1.64 bits per heavy atom. The molecule has 3 heterocycles. The molecule has 4 heteroatoms. The number of hydrogen-bond donors (Lipinski definition) is 1.